The standard InChI is InChI=1S/C18H21N5O/c1-12-13(2)19-11-20-17(12)22-9-15-8-16(10-22)23(15)18(24)21-14-6-4-3-5-7-14/h3-7,11,15-16H,8-10H2,1-2H3,(H,21,24). The molecule has 3 aliphatic rings. The lowest BCUT2D eigenvalue weighted by molar-refractivity contribution is 0.0436. The number of hydrogen-bond donors (Lipinski definition) is 1. The van der Waals surface area contributed by atoms with Crippen molar-refractivity contribution >= 4 is 17.5 Å². The Labute approximate surface area is 141 Å². The minimum absolute atomic E-state index is 0.00214. The molecule has 6 heteroatoms. The van der Waals surface area contributed by atoms with Gasteiger partial charge in [-0.1, -0.05) is 18.2 Å². The lowest BCUT2D eigenvalue weighted by Gasteiger charge is -2.56. The number of aryl methyl sites for hydroxylation is 1. The van der Waals surface area contributed by atoms with Crippen molar-refractivity contribution in [1.82, 2.24) is 14.9 Å². The summed E-state index contributed by atoms with van der Waals surface area (Å²) >= 11 is 0. The van der Waals surface area contributed by atoms with E-state index in [2.05, 4.69) is 27.1 Å². The Kier molecular flexibility index (Phi) is 3.59. The van der Waals surface area contributed by atoms with Crippen molar-refractivity contribution in [3.05, 3.63) is 47.9 Å². The molecule has 2 amide bonds. The summed E-state index contributed by atoms with van der Waals surface area (Å²) in [7, 11) is 0. The highest BCUT2D eigenvalue weighted by atomic mass is 16.2. The van der Waals surface area contributed by atoms with Crippen molar-refractivity contribution in [2.45, 2.75) is 32.4 Å². The van der Waals surface area contributed by atoms with Gasteiger partial charge < -0.3 is 15.1 Å². The number of para-hydroxylation sites is 1. The SMILES string of the molecule is Cc1ncnc(N2CC3CC(C2)N3C(=O)Nc2ccccc2)c1C. The van der Waals surface area contributed by atoms with Gasteiger partial charge in [-0.3, -0.25) is 0 Å². The Bertz CT molecular complexity index is 751. The fourth-order valence-electron chi connectivity index (χ4n) is 3.67. The molecule has 3 saturated heterocycles. The molecule has 6 nitrogen and oxygen atoms in total. The summed E-state index contributed by atoms with van der Waals surface area (Å²) in [5.41, 5.74) is 2.98. The summed E-state index contributed by atoms with van der Waals surface area (Å²) in [5.74, 6) is 1.00. The number of carbonyl (C=O) groups excluding carboxylic acids is 1. The van der Waals surface area contributed by atoms with Crippen molar-refractivity contribution in [3.63, 3.8) is 0 Å². The summed E-state index contributed by atoms with van der Waals surface area (Å²) in [6.07, 6.45) is 2.69. The van der Waals surface area contributed by atoms with Gasteiger partial charge in [0.1, 0.15) is 12.1 Å². The van der Waals surface area contributed by atoms with Crippen LogP contribution < -0.4 is 10.2 Å². The third-order valence-electron chi connectivity index (χ3n) is 5.06. The van der Waals surface area contributed by atoms with Crippen LogP contribution in [0.5, 0.6) is 0 Å². The second-order valence-corrected chi connectivity index (χ2v) is 6.56. The zero-order valence-corrected chi connectivity index (χ0v) is 13.9. The maximum atomic E-state index is 12.5. The molecule has 2 aromatic rings. The van der Waals surface area contributed by atoms with E-state index in [0.717, 1.165) is 42.3 Å². The predicted molar refractivity (Wildman–Crippen MR) is 93.2 cm³/mol. The topological polar surface area (TPSA) is 61.4 Å². The van der Waals surface area contributed by atoms with Gasteiger partial charge in [-0.25, -0.2) is 14.8 Å². The quantitative estimate of drug-likeness (QED) is 0.923. The average Bonchev–Trinajstić information content (AvgIpc) is 2.58. The summed E-state index contributed by atoms with van der Waals surface area (Å²) in [4.78, 5) is 25.5. The highest BCUT2D eigenvalue weighted by Gasteiger charge is 2.47. The first-order valence-corrected chi connectivity index (χ1v) is 8.31. The van der Waals surface area contributed by atoms with Gasteiger partial charge in [0.2, 0.25) is 0 Å². The molecule has 2 bridgehead atoms. The molecule has 1 aromatic carbocycles. The molecule has 2 atom stereocenters. The van der Waals surface area contributed by atoms with E-state index in [4.69, 9.17) is 0 Å². The second kappa shape index (κ2) is 5.78. The number of nitrogens with one attached hydrogen (secondary N) is 1. The molecule has 0 radical (unpaired) electrons. The molecule has 0 aliphatic carbocycles. The number of carbonyl (C=O) groups is 1. The van der Waals surface area contributed by atoms with Crippen LogP contribution in [0.2, 0.25) is 0 Å². The number of nitrogens with zero attached hydrogens (tertiary/aromatic N) is 4. The molecule has 3 fully saturated rings. The maximum Gasteiger partial charge on any atom is 0.322 e. The van der Waals surface area contributed by atoms with Crippen molar-refractivity contribution in [3.8, 4) is 0 Å². The van der Waals surface area contributed by atoms with E-state index < -0.39 is 0 Å². The Morgan fingerprint density at radius 1 is 1.12 bits per heavy atom. The van der Waals surface area contributed by atoms with Crippen LogP contribution in [0, 0.1) is 13.8 Å². The number of urea groups is 1. The molecule has 4 heterocycles. The van der Waals surface area contributed by atoms with Crippen molar-refractivity contribution in [1.29, 1.82) is 0 Å². The van der Waals surface area contributed by atoms with Crippen LogP contribution in [0.1, 0.15) is 17.7 Å². The summed E-state index contributed by atoms with van der Waals surface area (Å²) in [6.45, 7) is 5.72. The van der Waals surface area contributed by atoms with Crippen molar-refractivity contribution in [2.75, 3.05) is 23.3 Å². The number of hydrogen-bond acceptors (Lipinski definition) is 4. The van der Waals surface area contributed by atoms with Crippen LogP contribution >= 0.6 is 0 Å². The van der Waals surface area contributed by atoms with E-state index in [9.17, 15) is 4.79 Å². The van der Waals surface area contributed by atoms with E-state index in [1.165, 1.54) is 0 Å². The highest BCUT2D eigenvalue weighted by Crippen LogP contribution is 2.35. The third-order valence-corrected chi connectivity index (χ3v) is 5.06. The van der Waals surface area contributed by atoms with Gasteiger partial charge in [0.25, 0.3) is 0 Å². The fraction of sp³-hybridized carbons (Fsp3) is 0.389. The fourth-order valence-corrected chi connectivity index (χ4v) is 3.67. The molecule has 1 N–H and O–H groups in total. The Morgan fingerprint density at radius 2 is 1.83 bits per heavy atom. The van der Waals surface area contributed by atoms with Crippen LogP contribution in [-0.2, 0) is 0 Å². The van der Waals surface area contributed by atoms with Gasteiger partial charge in [-0.15, -0.1) is 0 Å². The summed E-state index contributed by atoms with van der Waals surface area (Å²) in [5, 5.41) is 2.99. The molecule has 3 aliphatic heterocycles. The van der Waals surface area contributed by atoms with Crippen molar-refractivity contribution < 1.29 is 4.79 Å². The van der Waals surface area contributed by atoms with Crippen LogP contribution in [0.4, 0.5) is 16.3 Å². The van der Waals surface area contributed by atoms with Crippen LogP contribution in [0.25, 0.3) is 0 Å². The van der Waals surface area contributed by atoms with Gasteiger partial charge in [-0.05, 0) is 32.4 Å². The average molecular weight is 323 g/mol. The molecule has 124 valence electrons. The van der Waals surface area contributed by atoms with Crippen LogP contribution in [-0.4, -0.2) is 46.1 Å². The number of anilines is 2. The molecule has 5 rings (SSSR count). The maximum absolute atomic E-state index is 12.5. The molecule has 1 aromatic heterocycles. The van der Waals surface area contributed by atoms with Gasteiger partial charge in [-0.2, -0.15) is 0 Å². The monoisotopic (exact) mass is 323 g/mol. The van der Waals surface area contributed by atoms with Crippen LogP contribution in [0.15, 0.2) is 36.7 Å². The highest BCUT2D eigenvalue weighted by molar-refractivity contribution is 5.90. The van der Waals surface area contributed by atoms with Gasteiger partial charge >= 0.3 is 6.03 Å². The van der Waals surface area contributed by atoms with E-state index in [1.807, 2.05) is 42.2 Å². The number of aromatic nitrogens is 2. The number of benzene rings is 1. The van der Waals surface area contributed by atoms with Gasteiger partial charge in [0.15, 0.2) is 0 Å². The van der Waals surface area contributed by atoms with Gasteiger partial charge in [0.05, 0.1) is 12.1 Å². The molecule has 2 unspecified atom stereocenters. The Morgan fingerprint density at radius 3 is 2.54 bits per heavy atom. The van der Waals surface area contributed by atoms with E-state index in [-0.39, 0.29) is 18.1 Å². The minimum atomic E-state index is -0.00214. The smallest absolute Gasteiger partial charge is 0.322 e. The molecular weight excluding hydrogens is 302 g/mol. The zero-order chi connectivity index (χ0) is 16.7. The van der Waals surface area contributed by atoms with Crippen LogP contribution in [0.3, 0.4) is 0 Å². The normalized spacial score (nSPS) is 22.1. The number of piperazine rings is 1. The largest absolute Gasteiger partial charge is 0.352 e. The molecular formula is C18H21N5O. The summed E-state index contributed by atoms with van der Waals surface area (Å²) < 4.78 is 0. The van der Waals surface area contributed by atoms with Crippen molar-refractivity contribution in [2.24, 2.45) is 0 Å². The van der Waals surface area contributed by atoms with E-state index >= 15 is 0 Å². The molecule has 24 heavy (non-hydrogen) atoms. The first-order valence-electron chi connectivity index (χ1n) is 8.31. The number of fused-ring (bicyclic) bond motifs is 2. The molecule has 0 saturated carbocycles. The Hall–Kier alpha value is -2.63. The van der Waals surface area contributed by atoms with Gasteiger partial charge in [0, 0.05) is 30.0 Å². The number of piperidine rings is 1. The minimum Gasteiger partial charge on any atom is -0.352 e. The lowest BCUT2D eigenvalue weighted by atomic mass is 9.87. The second-order valence-electron chi connectivity index (χ2n) is 6.56. The van der Waals surface area contributed by atoms with E-state index in [0.29, 0.717) is 0 Å². The number of rotatable bonds is 2. The first-order chi connectivity index (χ1) is 11.6. The zero-order valence-electron chi connectivity index (χ0n) is 13.9. The first kappa shape index (κ1) is 14.9. The number of amides is 2. The summed E-state index contributed by atoms with van der Waals surface area (Å²) in [6, 6.07) is 10.1. The molecule has 0 spiro atoms. The lowest BCUT2D eigenvalue weighted by Crippen LogP contribution is -2.71. The van der Waals surface area contributed by atoms with E-state index in [1.54, 1.807) is 6.33 Å². The third kappa shape index (κ3) is 2.48. The predicted octanol–water partition coefficient (Wildman–Crippen LogP) is 2.59. The Balaban J connectivity index is 1.45.